The molecule has 0 saturated carbocycles. The number of nitrogens with one attached hydrogen (secondary N) is 1. The lowest BCUT2D eigenvalue weighted by Crippen LogP contribution is -2.21. The smallest absolute Gasteiger partial charge is 0.0480 e. The van der Waals surface area contributed by atoms with Gasteiger partial charge < -0.3 is 5.32 Å². The summed E-state index contributed by atoms with van der Waals surface area (Å²) in [6.45, 7) is 10.7. The van der Waals surface area contributed by atoms with E-state index in [1.54, 1.807) is 0 Å². The molecule has 106 valence electrons. The number of para-hydroxylation sites is 1. The van der Waals surface area contributed by atoms with Crippen LogP contribution in [0.15, 0.2) is 41.8 Å². The van der Waals surface area contributed by atoms with Crippen LogP contribution in [0.2, 0.25) is 0 Å². The van der Waals surface area contributed by atoms with Crippen molar-refractivity contribution in [2.45, 2.75) is 51.0 Å². The molecule has 0 aromatic heterocycles. The number of hydrogen-bond acceptors (Lipinski definition) is 2. The molecule has 0 bridgehead atoms. The van der Waals surface area contributed by atoms with Gasteiger partial charge in [-0.05, 0) is 30.9 Å². The van der Waals surface area contributed by atoms with Gasteiger partial charge in [0, 0.05) is 22.4 Å². The van der Waals surface area contributed by atoms with Crippen LogP contribution >= 0.6 is 11.8 Å². The van der Waals surface area contributed by atoms with Gasteiger partial charge in [-0.15, -0.1) is 18.3 Å². The zero-order chi connectivity index (χ0) is 14.1. The van der Waals surface area contributed by atoms with Crippen molar-refractivity contribution in [3.8, 4) is 0 Å². The Morgan fingerprint density at radius 1 is 1.26 bits per heavy atom. The van der Waals surface area contributed by atoms with Crippen LogP contribution in [0.25, 0.3) is 0 Å². The standard InChI is InChI=1S/C17H27NS/c1-5-12-19-17-11-9-8-10-16(17)18-15(7-3)13-14(4)6-2/h5,8-11,14-15,18H,1,6-7,12-13H2,2-4H3. The Labute approximate surface area is 122 Å². The molecule has 1 aromatic rings. The number of rotatable bonds is 9. The fourth-order valence-corrected chi connectivity index (χ4v) is 2.82. The van der Waals surface area contributed by atoms with E-state index in [4.69, 9.17) is 0 Å². The first-order valence-corrected chi connectivity index (χ1v) is 8.29. The highest BCUT2D eigenvalue weighted by molar-refractivity contribution is 7.99. The average Bonchev–Trinajstić information content (AvgIpc) is 2.45. The van der Waals surface area contributed by atoms with Gasteiger partial charge in [0.05, 0.1) is 0 Å². The zero-order valence-electron chi connectivity index (χ0n) is 12.5. The van der Waals surface area contributed by atoms with Gasteiger partial charge in [-0.1, -0.05) is 45.4 Å². The molecule has 0 radical (unpaired) electrons. The molecular formula is C17H27NS. The van der Waals surface area contributed by atoms with Crippen molar-refractivity contribution >= 4 is 17.4 Å². The molecule has 0 amide bonds. The average molecular weight is 277 g/mol. The van der Waals surface area contributed by atoms with Gasteiger partial charge in [-0.2, -0.15) is 0 Å². The summed E-state index contributed by atoms with van der Waals surface area (Å²) in [6, 6.07) is 9.15. The molecular weight excluding hydrogens is 250 g/mol. The summed E-state index contributed by atoms with van der Waals surface area (Å²) < 4.78 is 0. The minimum atomic E-state index is 0.570. The Morgan fingerprint density at radius 3 is 2.63 bits per heavy atom. The Kier molecular flexibility index (Phi) is 7.73. The van der Waals surface area contributed by atoms with Crippen molar-refractivity contribution < 1.29 is 0 Å². The van der Waals surface area contributed by atoms with Crippen LogP contribution in [0.3, 0.4) is 0 Å². The molecule has 2 heteroatoms. The normalized spacial score (nSPS) is 13.8. The van der Waals surface area contributed by atoms with Crippen molar-refractivity contribution in [1.29, 1.82) is 0 Å². The third-order valence-corrected chi connectivity index (χ3v) is 4.55. The molecule has 0 aliphatic rings. The topological polar surface area (TPSA) is 12.0 Å². The van der Waals surface area contributed by atoms with Crippen molar-refractivity contribution in [3.63, 3.8) is 0 Å². The van der Waals surface area contributed by atoms with Gasteiger partial charge in [-0.3, -0.25) is 0 Å². The molecule has 0 fully saturated rings. The summed E-state index contributed by atoms with van der Waals surface area (Å²) in [4.78, 5) is 1.32. The van der Waals surface area contributed by atoms with E-state index in [1.807, 2.05) is 17.8 Å². The van der Waals surface area contributed by atoms with Gasteiger partial charge >= 0.3 is 0 Å². The highest BCUT2D eigenvalue weighted by Gasteiger charge is 2.12. The van der Waals surface area contributed by atoms with E-state index >= 15 is 0 Å². The van der Waals surface area contributed by atoms with E-state index in [0.29, 0.717) is 6.04 Å². The van der Waals surface area contributed by atoms with E-state index in [0.717, 1.165) is 11.7 Å². The van der Waals surface area contributed by atoms with Crippen LogP contribution in [0.5, 0.6) is 0 Å². The van der Waals surface area contributed by atoms with E-state index in [9.17, 15) is 0 Å². The monoisotopic (exact) mass is 277 g/mol. The molecule has 0 aliphatic carbocycles. The van der Waals surface area contributed by atoms with Crippen molar-refractivity contribution in [2.75, 3.05) is 11.1 Å². The predicted molar refractivity (Wildman–Crippen MR) is 89.1 cm³/mol. The van der Waals surface area contributed by atoms with Gasteiger partial charge in [0.15, 0.2) is 0 Å². The number of thioether (sulfide) groups is 1. The van der Waals surface area contributed by atoms with Crippen LogP contribution in [-0.4, -0.2) is 11.8 Å². The third-order valence-electron chi connectivity index (χ3n) is 3.48. The second-order valence-electron chi connectivity index (χ2n) is 5.09. The second-order valence-corrected chi connectivity index (χ2v) is 6.16. The predicted octanol–water partition coefficient (Wildman–Crippen LogP) is 5.59. The van der Waals surface area contributed by atoms with E-state index < -0.39 is 0 Å². The van der Waals surface area contributed by atoms with Crippen molar-refractivity contribution in [3.05, 3.63) is 36.9 Å². The molecule has 2 unspecified atom stereocenters. The number of hydrogen-bond donors (Lipinski definition) is 1. The fraction of sp³-hybridized carbons (Fsp3) is 0.529. The van der Waals surface area contributed by atoms with Gasteiger partial charge in [0.1, 0.15) is 0 Å². The second kappa shape index (κ2) is 9.08. The first-order chi connectivity index (χ1) is 9.21. The minimum absolute atomic E-state index is 0.570. The third kappa shape index (κ3) is 5.73. The first-order valence-electron chi connectivity index (χ1n) is 7.30. The summed E-state index contributed by atoms with van der Waals surface area (Å²) in [5.41, 5.74) is 1.27. The molecule has 1 rings (SSSR count). The first kappa shape index (κ1) is 16.2. The summed E-state index contributed by atoms with van der Waals surface area (Å²) in [7, 11) is 0. The van der Waals surface area contributed by atoms with Crippen LogP contribution < -0.4 is 5.32 Å². The van der Waals surface area contributed by atoms with E-state index in [-0.39, 0.29) is 0 Å². The van der Waals surface area contributed by atoms with Crippen molar-refractivity contribution in [2.24, 2.45) is 5.92 Å². The summed E-state index contributed by atoms with van der Waals surface area (Å²) in [5.74, 6) is 1.74. The Balaban J connectivity index is 2.70. The largest absolute Gasteiger partial charge is 0.381 e. The minimum Gasteiger partial charge on any atom is -0.381 e. The van der Waals surface area contributed by atoms with E-state index in [2.05, 4.69) is 56.9 Å². The highest BCUT2D eigenvalue weighted by atomic mass is 32.2. The van der Waals surface area contributed by atoms with Gasteiger partial charge in [-0.25, -0.2) is 0 Å². The Morgan fingerprint density at radius 2 is 2.00 bits per heavy atom. The van der Waals surface area contributed by atoms with Gasteiger partial charge in [0.2, 0.25) is 0 Å². The van der Waals surface area contributed by atoms with E-state index in [1.165, 1.54) is 29.8 Å². The Bertz CT molecular complexity index is 375. The maximum Gasteiger partial charge on any atom is 0.0480 e. The maximum atomic E-state index is 3.79. The lowest BCUT2D eigenvalue weighted by Gasteiger charge is -2.23. The fourth-order valence-electron chi connectivity index (χ4n) is 2.06. The maximum absolute atomic E-state index is 3.79. The molecule has 0 saturated heterocycles. The number of anilines is 1. The molecule has 1 aromatic carbocycles. The molecule has 0 heterocycles. The molecule has 1 N–H and O–H groups in total. The molecule has 19 heavy (non-hydrogen) atoms. The molecule has 2 atom stereocenters. The SMILES string of the molecule is C=CCSc1ccccc1NC(CC)CC(C)CC. The summed E-state index contributed by atoms with van der Waals surface area (Å²) >= 11 is 1.84. The molecule has 0 spiro atoms. The van der Waals surface area contributed by atoms with Crippen LogP contribution in [-0.2, 0) is 0 Å². The van der Waals surface area contributed by atoms with Crippen LogP contribution in [0.4, 0.5) is 5.69 Å². The molecule has 0 aliphatic heterocycles. The zero-order valence-corrected chi connectivity index (χ0v) is 13.3. The summed E-state index contributed by atoms with van der Waals surface area (Å²) in [6.07, 6.45) is 5.63. The lowest BCUT2D eigenvalue weighted by atomic mass is 9.97. The molecule has 1 nitrogen and oxygen atoms in total. The lowest BCUT2D eigenvalue weighted by molar-refractivity contribution is 0.461. The van der Waals surface area contributed by atoms with Crippen LogP contribution in [0.1, 0.15) is 40.0 Å². The summed E-state index contributed by atoms with van der Waals surface area (Å²) in [5, 5.41) is 3.72. The quantitative estimate of drug-likeness (QED) is 0.466. The van der Waals surface area contributed by atoms with Crippen molar-refractivity contribution in [1.82, 2.24) is 0 Å². The number of benzene rings is 1. The van der Waals surface area contributed by atoms with Gasteiger partial charge in [0.25, 0.3) is 0 Å². The van der Waals surface area contributed by atoms with Crippen LogP contribution in [0, 0.1) is 5.92 Å². The highest BCUT2D eigenvalue weighted by Crippen LogP contribution is 2.28. The Hall–Kier alpha value is -0.890.